The van der Waals surface area contributed by atoms with E-state index in [1.807, 2.05) is 36.4 Å². The van der Waals surface area contributed by atoms with Crippen LogP contribution >= 0.6 is 0 Å². The molecule has 3 rings (SSSR count). The van der Waals surface area contributed by atoms with Crippen molar-refractivity contribution in [3.63, 3.8) is 0 Å². The van der Waals surface area contributed by atoms with Gasteiger partial charge in [0, 0.05) is 18.4 Å². The topological polar surface area (TPSA) is 133 Å². The van der Waals surface area contributed by atoms with Crippen LogP contribution in [0.1, 0.15) is 18.9 Å². The Hall–Kier alpha value is -2.95. The molecule has 2 aromatic carbocycles. The van der Waals surface area contributed by atoms with Gasteiger partial charge in [0.1, 0.15) is 11.4 Å². The molecule has 1 heterocycles. The third-order valence-corrected chi connectivity index (χ3v) is 6.71. The minimum Gasteiger partial charge on any atom is -0.444 e. The summed E-state index contributed by atoms with van der Waals surface area (Å²) >= 11 is 0. The van der Waals surface area contributed by atoms with Gasteiger partial charge >= 0.3 is 6.09 Å². The molecular formula is C22H26N2O7S. The summed E-state index contributed by atoms with van der Waals surface area (Å²) in [6, 6.07) is 15.1. The number of carbonyl (C=O) groups is 2. The molecule has 2 aromatic rings. The molecule has 0 radical (unpaired) electrons. The summed E-state index contributed by atoms with van der Waals surface area (Å²) in [6.45, 7) is 1.82. The van der Waals surface area contributed by atoms with Crippen molar-refractivity contribution in [3.05, 3.63) is 54.1 Å². The molecule has 2 amide bonds. The lowest BCUT2D eigenvalue weighted by molar-refractivity contribution is -0.129. The third-order valence-electron chi connectivity index (χ3n) is 5.27. The highest BCUT2D eigenvalue weighted by atomic mass is 32.2. The number of nitrogens with zero attached hydrogens (tertiary/aromatic N) is 1. The molecule has 3 atom stereocenters. The zero-order chi connectivity index (χ0) is 23.5. The summed E-state index contributed by atoms with van der Waals surface area (Å²) < 4.78 is 29.0. The molecule has 0 aromatic heterocycles. The van der Waals surface area contributed by atoms with Gasteiger partial charge in [-0.3, -0.25) is 14.9 Å². The molecule has 3 unspecified atom stereocenters. The van der Waals surface area contributed by atoms with Crippen LogP contribution in [-0.4, -0.2) is 61.0 Å². The number of hydrogen-bond donors (Lipinski definition) is 3. The Bertz CT molecular complexity index is 1070. The number of rotatable bonds is 8. The number of aliphatic hydroxyl groups excluding tert-OH is 1. The first kappa shape index (κ1) is 23.7. The smallest absolute Gasteiger partial charge is 0.414 e. The second-order valence-corrected chi connectivity index (χ2v) is 10.2. The van der Waals surface area contributed by atoms with Crippen molar-refractivity contribution in [1.82, 2.24) is 5.48 Å². The van der Waals surface area contributed by atoms with Crippen LogP contribution in [0.2, 0.25) is 0 Å². The predicted octanol–water partition coefficient (Wildman–Crippen LogP) is 1.91. The predicted molar refractivity (Wildman–Crippen MR) is 118 cm³/mol. The fourth-order valence-corrected chi connectivity index (χ4v) is 4.66. The molecule has 9 nitrogen and oxygen atoms in total. The van der Waals surface area contributed by atoms with E-state index in [4.69, 9.17) is 9.94 Å². The van der Waals surface area contributed by atoms with Gasteiger partial charge in [-0.15, -0.1) is 0 Å². The van der Waals surface area contributed by atoms with Gasteiger partial charge in [0.2, 0.25) is 0 Å². The van der Waals surface area contributed by atoms with Crippen LogP contribution in [0.15, 0.2) is 48.5 Å². The summed E-state index contributed by atoms with van der Waals surface area (Å²) in [6.07, 6.45) is -0.656. The van der Waals surface area contributed by atoms with E-state index < -0.39 is 39.3 Å². The standard InChI is InChI=1S/C22H26N2O7S/c1-14(25)11-15-3-5-16(6-4-15)17-7-9-18(10-8-17)24-13-19(31-22(24)27)12-20(21(26)23-28)32(2,29)30/h3-10,14,19-20,25,28H,11-13H2,1-2H3,(H,23,26). The lowest BCUT2D eigenvalue weighted by atomic mass is 10.0. The Morgan fingerprint density at radius 1 is 1.16 bits per heavy atom. The van der Waals surface area contributed by atoms with Gasteiger partial charge in [-0.25, -0.2) is 18.7 Å². The molecule has 1 fully saturated rings. The molecule has 0 spiro atoms. The van der Waals surface area contributed by atoms with E-state index >= 15 is 0 Å². The molecule has 0 bridgehead atoms. The van der Waals surface area contributed by atoms with Crippen molar-refractivity contribution in [3.8, 4) is 11.1 Å². The zero-order valence-corrected chi connectivity index (χ0v) is 18.6. The number of nitrogens with one attached hydrogen (secondary N) is 1. The summed E-state index contributed by atoms with van der Waals surface area (Å²) in [5, 5.41) is 16.8. The number of benzene rings is 2. The van der Waals surface area contributed by atoms with Crippen molar-refractivity contribution in [2.24, 2.45) is 0 Å². The van der Waals surface area contributed by atoms with E-state index in [2.05, 4.69) is 0 Å². The summed E-state index contributed by atoms with van der Waals surface area (Å²) in [5.41, 5.74) is 4.89. The maximum Gasteiger partial charge on any atom is 0.414 e. The van der Waals surface area contributed by atoms with Crippen LogP contribution in [-0.2, 0) is 25.8 Å². The van der Waals surface area contributed by atoms with Gasteiger partial charge in [-0.2, -0.15) is 0 Å². The monoisotopic (exact) mass is 462 g/mol. The number of hydrogen-bond acceptors (Lipinski definition) is 7. The van der Waals surface area contributed by atoms with Crippen molar-refractivity contribution < 1.29 is 33.1 Å². The fraction of sp³-hybridized carbons (Fsp3) is 0.364. The highest BCUT2D eigenvalue weighted by molar-refractivity contribution is 7.92. The van der Waals surface area contributed by atoms with E-state index in [-0.39, 0.29) is 13.0 Å². The van der Waals surface area contributed by atoms with Crippen molar-refractivity contribution in [2.75, 3.05) is 17.7 Å². The number of aliphatic hydroxyl groups is 1. The fourth-order valence-electron chi connectivity index (χ4n) is 3.65. The Kier molecular flexibility index (Phi) is 7.17. The third kappa shape index (κ3) is 5.64. The number of carbonyl (C=O) groups excluding carboxylic acids is 2. The van der Waals surface area contributed by atoms with Gasteiger partial charge < -0.3 is 9.84 Å². The highest BCUT2D eigenvalue weighted by Crippen LogP contribution is 2.28. The second-order valence-electron chi connectivity index (χ2n) is 7.94. The van der Waals surface area contributed by atoms with Crippen LogP contribution < -0.4 is 10.4 Å². The van der Waals surface area contributed by atoms with Gasteiger partial charge in [-0.1, -0.05) is 36.4 Å². The van der Waals surface area contributed by atoms with E-state index in [1.165, 1.54) is 10.4 Å². The molecule has 172 valence electrons. The molecule has 10 heteroatoms. The quantitative estimate of drug-likeness (QED) is 0.403. The van der Waals surface area contributed by atoms with Crippen molar-refractivity contribution in [2.45, 2.75) is 37.2 Å². The van der Waals surface area contributed by atoms with E-state index in [0.29, 0.717) is 12.1 Å². The van der Waals surface area contributed by atoms with E-state index in [9.17, 15) is 23.1 Å². The minimum atomic E-state index is -3.81. The lowest BCUT2D eigenvalue weighted by Gasteiger charge is -2.16. The van der Waals surface area contributed by atoms with Crippen molar-refractivity contribution in [1.29, 1.82) is 0 Å². The molecule has 3 N–H and O–H groups in total. The molecule has 1 aliphatic heterocycles. The number of ether oxygens (including phenoxy) is 1. The molecule has 0 saturated carbocycles. The molecule has 0 aliphatic carbocycles. The molecule has 32 heavy (non-hydrogen) atoms. The van der Waals surface area contributed by atoms with Gasteiger partial charge in [0.05, 0.1) is 12.6 Å². The Balaban J connectivity index is 1.70. The first-order valence-corrected chi connectivity index (χ1v) is 12.0. The number of anilines is 1. The summed E-state index contributed by atoms with van der Waals surface area (Å²) in [5.74, 6) is -1.06. The van der Waals surface area contributed by atoms with Crippen LogP contribution in [0.25, 0.3) is 11.1 Å². The normalized spacial score (nSPS) is 18.2. The Morgan fingerprint density at radius 3 is 2.22 bits per heavy atom. The second kappa shape index (κ2) is 9.68. The van der Waals surface area contributed by atoms with Crippen LogP contribution in [0.5, 0.6) is 0 Å². The van der Waals surface area contributed by atoms with Gasteiger partial charge in [0.15, 0.2) is 9.84 Å². The van der Waals surface area contributed by atoms with Gasteiger partial charge in [0.25, 0.3) is 5.91 Å². The lowest BCUT2D eigenvalue weighted by Crippen LogP contribution is -2.40. The molecule has 1 saturated heterocycles. The SMILES string of the molecule is CC(O)Cc1ccc(-c2ccc(N3CC(CC(C(=O)NO)S(C)(=O)=O)OC3=O)cc2)cc1. The first-order chi connectivity index (χ1) is 15.1. The number of cyclic esters (lactones) is 1. The summed E-state index contributed by atoms with van der Waals surface area (Å²) in [4.78, 5) is 25.4. The average Bonchev–Trinajstić information content (AvgIpc) is 3.11. The summed E-state index contributed by atoms with van der Waals surface area (Å²) in [7, 11) is -3.81. The molecular weight excluding hydrogens is 436 g/mol. The van der Waals surface area contributed by atoms with Crippen LogP contribution in [0, 0.1) is 0 Å². The van der Waals surface area contributed by atoms with Crippen molar-refractivity contribution >= 4 is 27.5 Å². The Labute approximate surface area is 186 Å². The maximum atomic E-state index is 12.3. The Morgan fingerprint density at radius 2 is 1.72 bits per heavy atom. The first-order valence-electron chi connectivity index (χ1n) is 10.1. The maximum absolute atomic E-state index is 12.3. The number of sulfone groups is 1. The number of hydroxylamine groups is 1. The number of amides is 2. The zero-order valence-electron chi connectivity index (χ0n) is 17.8. The van der Waals surface area contributed by atoms with Gasteiger partial charge in [-0.05, 0) is 42.2 Å². The molecule has 1 aliphatic rings. The van der Waals surface area contributed by atoms with E-state index in [1.54, 1.807) is 19.1 Å². The van der Waals surface area contributed by atoms with Crippen LogP contribution in [0.3, 0.4) is 0 Å². The van der Waals surface area contributed by atoms with E-state index in [0.717, 1.165) is 22.9 Å². The average molecular weight is 463 g/mol. The van der Waals surface area contributed by atoms with Crippen LogP contribution in [0.4, 0.5) is 10.5 Å². The largest absolute Gasteiger partial charge is 0.444 e. The minimum absolute atomic E-state index is 0.0803. The highest BCUT2D eigenvalue weighted by Gasteiger charge is 2.39.